The smallest absolute Gasteiger partial charge is 0.335 e. The van der Waals surface area contributed by atoms with Crippen molar-refractivity contribution in [1.82, 2.24) is 9.13 Å². The van der Waals surface area contributed by atoms with E-state index in [1.807, 2.05) is 48.5 Å². The van der Waals surface area contributed by atoms with Gasteiger partial charge in [-0.1, -0.05) is 24.3 Å². The van der Waals surface area contributed by atoms with E-state index in [0.29, 0.717) is 56.6 Å². The summed E-state index contributed by atoms with van der Waals surface area (Å²) >= 11 is 0. The molecule has 2 heterocycles. The molecule has 9 aromatic rings. The summed E-state index contributed by atoms with van der Waals surface area (Å²) in [6, 6.07) is 29.0. The first-order valence-electron chi connectivity index (χ1n) is 17.8. The zero-order valence-corrected chi connectivity index (χ0v) is 30.5. The Balaban J connectivity index is 1.19. The minimum atomic E-state index is -1.09. The van der Waals surface area contributed by atoms with E-state index in [9.17, 15) is 33.9 Å². The van der Waals surface area contributed by atoms with Crippen molar-refractivity contribution in [3.8, 4) is 17.1 Å². The van der Waals surface area contributed by atoms with Crippen LogP contribution in [0.25, 0.3) is 76.0 Å². The van der Waals surface area contributed by atoms with Gasteiger partial charge in [-0.25, -0.2) is 13.9 Å². The molecule has 0 saturated heterocycles. The van der Waals surface area contributed by atoms with Crippen LogP contribution >= 0.6 is 0 Å². The minimum Gasteiger partial charge on any atom is -0.478 e. The molecule has 0 aliphatic rings. The number of carboxylic acids is 1. The van der Waals surface area contributed by atoms with Crippen molar-refractivity contribution in [2.45, 2.75) is 27.7 Å². The molecule has 0 spiro atoms. The second kappa shape index (κ2) is 12.3. The molecule has 0 saturated carbocycles. The van der Waals surface area contributed by atoms with Gasteiger partial charge < -0.3 is 9.84 Å². The van der Waals surface area contributed by atoms with Crippen LogP contribution in [0.4, 0.5) is 0 Å². The SMILES string of the molecule is Cc1cc(OC=O)cc(C)c1-n1c(=O)c2cc3cc4ccc5cc6cc7c(=O)n(-c8c(C)cc(C(=O)O)cc8C)c(=O)c7cc6cc5ccc4cc3cc2c1=O. The highest BCUT2D eigenvalue weighted by molar-refractivity contribution is 6.07. The summed E-state index contributed by atoms with van der Waals surface area (Å²) in [5, 5.41) is 17.4. The fraction of sp³-hybridized carbons (Fsp3) is 0.0870. The van der Waals surface area contributed by atoms with Crippen molar-refractivity contribution in [2.75, 3.05) is 0 Å². The first kappa shape index (κ1) is 34.3. The third-order valence-electron chi connectivity index (χ3n) is 10.8. The van der Waals surface area contributed by atoms with Gasteiger partial charge in [0.15, 0.2) is 0 Å². The van der Waals surface area contributed by atoms with E-state index in [0.717, 1.165) is 47.7 Å². The molecule has 10 nitrogen and oxygen atoms in total. The van der Waals surface area contributed by atoms with Crippen molar-refractivity contribution in [3.05, 3.63) is 166 Å². The van der Waals surface area contributed by atoms with Gasteiger partial charge in [-0.2, -0.15) is 0 Å². The molecule has 10 heteroatoms. The quantitative estimate of drug-likeness (QED) is 0.179. The molecule has 0 amide bonds. The fourth-order valence-electron chi connectivity index (χ4n) is 8.31. The number of hydrogen-bond acceptors (Lipinski definition) is 7. The number of fused-ring (bicyclic) bond motifs is 6. The molecule has 0 aliphatic carbocycles. The monoisotopic (exact) mass is 738 g/mol. The predicted octanol–water partition coefficient (Wildman–Crippen LogP) is 7.53. The van der Waals surface area contributed by atoms with Crippen LogP contribution in [0.5, 0.6) is 5.75 Å². The number of nitrogens with zero attached hydrogens (tertiary/aromatic N) is 2. The first-order valence-corrected chi connectivity index (χ1v) is 17.8. The van der Waals surface area contributed by atoms with Crippen molar-refractivity contribution in [3.63, 3.8) is 0 Å². The second-order valence-electron chi connectivity index (χ2n) is 14.4. The molecule has 7 aromatic carbocycles. The zero-order chi connectivity index (χ0) is 39.3. The van der Waals surface area contributed by atoms with E-state index in [1.54, 1.807) is 64.1 Å². The summed E-state index contributed by atoms with van der Waals surface area (Å²) in [7, 11) is 0. The molecule has 56 heavy (non-hydrogen) atoms. The number of aromatic nitrogens is 2. The van der Waals surface area contributed by atoms with Crippen LogP contribution in [0, 0.1) is 27.7 Å². The van der Waals surface area contributed by atoms with Crippen molar-refractivity contribution in [1.29, 1.82) is 0 Å². The number of carboxylic acid groups (broad SMARTS) is 1. The highest BCUT2D eigenvalue weighted by Gasteiger charge is 2.21. The second-order valence-corrected chi connectivity index (χ2v) is 14.4. The molecule has 1 N–H and O–H groups in total. The van der Waals surface area contributed by atoms with Gasteiger partial charge in [-0.15, -0.1) is 0 Å². The Bertz CT molecular complexity index is 3320. The average molecular weight is 739 g/mol. The van der Waals surface area contributed by atoms with Gasteiger partial charge in [0.1, 0.15) is 5.75 Å². The summed E-state index contributed by atoms with van der Waals surface area (Å²) in [5.41, 5.74) is 1.38. The van der Waals surface area contributed by atoms with Crippen LogP contribution in [0.3, 0.4) is 0 Å². The Labute approximate surface area is 316 Å². The number of aryl methyl sites for hydroxylation is 4. The van der Waals surface area contributed by atoms with Crippen LogP contribution in [0.1, 0.15) is 32.6 Å². The average Bonchev–Trinajstić information content (AvgIpc) is 3.52. The Morgan fingerprint density at radius 3 is 1.07 bits per heavy atom. The Morgan fingerprint density at radius 2 is 0.786 bits per heavy atom. The van der Waals surface area contributed by atoms with Crippen LogP contribution in [-0.4, -0.2) is 26.7 Å². The van der Waals surface area contributed by atoms with Gasteiger partial charge in [0.2, 0.25) is 0 Å². The summed E-state index contributed by atoms with van der Waals surface area (Å²) < 4.78 is 7.32. The molecule has 0 bridgehead atoms. The molecular weight excluding hydrogens is 709 g/mol. The number of rotatable bonds is 5. The van der Waals surface area contributed by atoms with E-state index >= 15 is 0 Å². The first-order chi connectivity index (χ1) is 26.8. The molecule has 0 unspecified atom stereocenters. The largest absolute Gasteiger partial charge is 0.478 e. The third kappa shape index (κ3) is 5.10. The lowest BCUT2D eigenvalue weighted by Crippen LogP contribution is -2.25. The number of hydrogen-bond donors (Lipinski definition) is 1. The Morgan fingerprint density at radius 1 is 0.482 bits per heavy atom. The van der Waals surface area contributed by atoms with Gasteiger partial charge in [0, 0.05) is 0 Å². The molecule has 0 radical (unpaired) electrons. The summed E-state index contributed by atoms with van der Waals surface area (Å²) in [4.78, 5) is 77.7. The van der Waals surface area contributed by atoms with Crippen molar-refractivity contribution < 1.29 is 19.4 Å². The van der Waals surface area contributed by atoms with Crippen molar-refractivity contribution >= 4 is 77.1 Å². The number of aromatic carboxylic acids is 1. The van der Waals surface area contributed by atoms with E-state index in [-0.39, 0.29) is 16.3 Å². The van der Waals surface area contributed by atoms with E-state index in [1.165, 1.54) is 16.7 Å². The van der Waals surface area contributed by atoms with Crippen LogP contribution in [0.15, 0.2) is 116 Å². The fourth-order valence-corrected chi connectivity index (χ4v) is 8.31. The topological polar surface area (TPSA) is 142 Å². The maximum atomic E-state index is 13.8. The van der Waals surface area contributed by atoms with Gasteiger partial charge in [0.25, 0.3) is 28.7 Å². The van der Waals surface area contributed by atoms with Gasteiger partial charge in [-0.3, -0.25) is 24.0 Å². The predicted molar refractivity (Wildman–Crippen MR) is 219 cm³/mol. The van der Waals surface area contributed by atoms with E-state index in [2.05, 4.69) is 0 Å². The summed E-state index contributed by atoms with van der Waals surface area (Å²) in [6.07, 6.45) is 0. The number of carbonyl (C=O) groups is 2. The molecule has 0 atom stereocenters. The molecular formula is C46H30N2O8. The number of benzene rings is 6. The summed E-state index contributed by atoms with van der Waals surface area (Å²) in [5.74, 6) is -0.766. The van der Waals surface area contributed by atoms with Crippen LogP contribution < -0.4 is 27.0 Å². The Kier molecular flexibility index (Phi) is 7.53. The lowest BCUT2D eigenvalue weighted by Gasteiger charge is -2.11. The van der Waals surface area contributed by atoms with Gasteiger partial charge in [-0.05, 0) is 166 Å². The minimum absolute atomic E-state index is 0.0815. The highest BCUT2D eigenvalue weighted by atomic mass is 16.5. The van der Waals surface area contributed by atoms with Gasteiger partial charge >= 0.3 is 5.97 Å². The molecule has 0 fully saturated rings. The molecule has 9 rings (SSSR count). The van der Waals surface area contributed by atoms with Crippen LogP contribution in [0.2, 0.25) is 0 Å². The summed E-state index contributed by atoms with van der Waals surface area (Å²) in [6.45, 7) is 7.22. The zero-order valence-electron chi connectivity index (χ0n) is 30.5. The van der Waals surface area contributed by atoms with E-state index < -0.39 is 28.2 Å². The normalized spacial score (nSPS) is 11.7. The van der Waals surface area contributed by atoms with Crippen LogP contribution in [-0.2, 0) is 4.79 Å². The lowest BCUT2D eigenvalue weighted by molar-refractivity contribution is -0.120. The highest BCUT2D eigenvalue weighted by Crippen LogP contribution is 2.31. The molecule has 0 aliphatic heterocycles. The molecule has 272 valence electrons. The maximum absolute atomic E-state index is 13.8. The maximum Gasteiger partial charge on any atom is 0.335 e. The van der Waals surface area contributed by atoms with Crippen molar-refractivity contribution in [2.24, 2.45) is 0 Å². The number of carbonyl (C=O) groups excluding carboxylic acids is 1. The standard InChI is InChI=1S/C46H30N2O8/c1-22-9-34(46(54)55)10-23(2)40(22)47-42(50)36-17-30-13-26-5-7-28-15-32-19-38-39(45(53)48(44(38)52)41-24(3)11-35(56-21-49)12-25(41)4)20-33(32)16-29(28)8-6-27(26)14-31(30)18-37(36)43(47)51/h5-21H,1-4H3,(H,54,55). The Hall–Kier alpha value is -7.46. The third-order valence-corrected chi connectivity index (χ3v) is 10.8. The van der Waals surface area contributed by atoms with Gasteiger partial charge in [0.05, 0.1) is 38.5 Å². The van der Waals surface area contributed by atoms with E-state index in [4.69, 9.17) is 4.74 Å². The molecule has 2 aromatic heterocycles. The lowest BCUT2D eigenvalue weighted by atomic mass is 9.99. The number of ether oxygens (including phenoxy) is 1.